The predicted molar refractivity (Wildman–Crippen MR) is 76.2 cm³/mol. The van der Waals surface area contributed by atoms with Crippen molar-refractivity contribution in [2.24, 2.45) is 0 Å². The molecule has 0 atom stereocenters. The molecule has 0 bridgehead atoms. The zero-order chi connectivity index (χ0) is 14.9. The zero-order valence-corrected chi connectivity index (χ0v) is 13.1. The summed E-state index contributed by atoms with van der Waals surface area (Å²) in [5, 5.41) is 0. The van der Waals surface area contributed by atoms with Crippen molar-refractivity contribution in [1.29, 1.82) is 0 Å². The third-order valence-electron chi connectivity index (χ3n) is 2.71. The van der Waals surface area contributed by atoms with E-state index in [-0.39, 0.29) is 15.6 Å². The largest absolute Gasteiger partial charge is 0.294 e. The van der Waals surface area contributed by atoms with Gasteiger partial charge in [-0.3, -0.25) is 4.79 Å². The number of carbonyl (C=O) groups is 1. The van der Waals surface area contributed by atoms with Gasteiger partial charge in [-0.15, -0.1) is 0 Å². The first-order valence-corrected chi connectivity index (χ1v) is 7.09. The minimum absolute atomic E-state index is 0.0537. The van der Waals surface area contributed by atoms with Crippen molar-refractivity contribution in [3.05, 3.63) is 67.9 Å². The minimum atomic E-state index is -0.851. The minimum Gasteiger partial charge on any atom is -0.294 e. The van der Waals surface area contributed by atoms with Gasteiger partial charge < -0.3 is 0 Å². The van der Waals surface area contributed by atoms with Crippen molar-refractivity contribution in [2.75, 3.05) is 0 Å². The smallest absolute Gasteiger partial charge is 0.170 e. The SMILES string of the molecule is O=C(Cc1c(F)ccc(Br)c1F)c1ccc(Br)cc1F. The maximum absolute atomic E-state index is 13.8. The maximum atomic E-state index is 13.8. The number of hydrogen-bond acceptors (Lipinski definition) is 1. The van der Waals surface area contributed by atoms with Crippen molar-refractivity contribution in [2.45, 2.75) is 6.42 Å². The molecule has 0 fully saturated rings. The third kappa shape index (κ3) is 3.12. The first-order chi connectivity index (χ1) is 9.40. The van der Waals surface area contributed by atoms with Crippen LogP contribution in [0.5, 0.6) is 0 Å². The van der Waals surface area contributed by atoms with Crippen LogP contribution >= 0.6 is 31.9 Å². The number of Topliss-reactive ketones (excluding diaryl/α,β-unsaturated/α-hetero) is 1. The van der Waals surface area contributed by atoms with E-state index < -0.39 is 29.7 Å². The van der Waals surface area contributed by atoms with Crippen molar-refractivity contribution in [1.82, 2.24) is 0 Å². The fraction of sp³-hybridized carbons (Fsp3) is 0.0714. The molecule has 20 heavy (non-hydrogen) atoms. The van der Waals surface area contributed by atoms with E-state index in [1.807, 2.05) is 0 Å². The number of halogens is 5. The van der Waals surface area contributed by atoms with Gasteiger partial charge in [0.25, 0.3) is 0 Å². The predicted octanol–water partition coefficient (Wildman–Crippen LogP) is 5.05. The van der Waals surface area contributed by atoms with Gasteiger partial charge in [0.05, 0.1) is 10.0 Å². The molecular weight excluding hydrogens is 401 g/mol. The Labute approximate surface area is 130 Å². The molecule has 0 amide bonds. The van der Waals surface area contributed by atoms with E-state index in [0.29, 0.717) is 4.47 Å². The lowest BCUT2D eigenvalue weighted by atomic mass is 10.0. The second-order valence-corrected chi connectivity index (χ2v) is 5.82. The van der Waals surface area contributed by atoms with Gasteiger partial charge in [0, 0.05) is 16.5 Å². The van der Waals surface area contributed by atoms with E-state index in [2.05, 4.69) is 31.9 Å². The Morgan fingerprint density at radius 1 is 1.00 bits per heavy atom. The van der Waals surface area contributed by atoms with Gasteiger partial charge in [-0.05, 0) is 46.3 Å². The average molecular weight is 408 g/mol. The van der Waals surface area contributed by atoms with Gasteiger partial charge in [0.15, 0.2) is 5.78 Å². The standard InChI is InChI=1S/C14H7Br2F3O/c15-7-1-2-8(12(18)5-7)13(20)6-9-11(17)4-3-10(16)14(9)19/h1-5H,6H2. The van der Waals surface area contributed by atoms with Gasteiger partial charge in [-0.25, -0.2) is 13.2 Å². The summed E-state index contributed by atoms with van der Waals surface area (Å²) in [5.41, 5.74) is -0.585. The molecule has 0 saturated heterocycles. The molecule has 1 nitrogen and oxygen atoms in total. The van der Waals surface area contributed by atoms with Gasteiger partial charge >= 0.3 is 0 Å². The highest BCUT2D eigenvalue weighted by Crippen LogP contribution is 2.24. The van der Waals surface area contributed by atoms with Crippen LogP contribution in [0.15, 0.2) is 39.3 Å². The average Bonchev–Trinajstić information content (AvgIpc) is 2.39. The Hall–Kier alpha value is -1.14. The van der Waals surface area contributed by atoms with Crippen molar-refractivity contribution >= 4 is 37.6 Å². The molecule has 2 rings (SSSR count). The van der Waals surface area contributed by atoms with Crippen LogP contribution in [0.4, 0.5) is 13.2 Å². The highest BCUT2D eigenvalue weighted by molar-refractivity contribution is 9.10. The van der Waals surface area contributed by atoms with Crippen LogP contribution in [0, 0.1) is 17.5 Å². The highest BCUT2D eigenvalue weighted by Gasteiger charge is 2.19. The van der Waals surface area contributed by atoms with Crippen molar-refractivity contribution in [3.8, 4) is 0 Å². The van der Waals surface area contributed by atoms with Gasteiger partial charge in [-0.1, -0.05) is 15.9 Å². The van der Waals surface area contributed by atoms with Crippen LogP contribution in [0.2, 0.25) is 0 Å². The van der Waals surface area contributed by atoms with E-state index in [1.54, 1.807) is 0 Å². The second kappa shape index (κ2) is 6.10. The molecule has 0 aromatic heterocycles. The first-order valence-electron chi connectivity index (χ1n) is 5.50. The molecule has 0 aliphatic heterocycles. The third-order valence-corrected chi connectivity index (χ3v) is 3.81. The van der Waals surface area contributed by atoms with Crippen LogP contribution in [0.25, 0.3) is 0 Å². The summed E-state index contributed by atoms with van der Waals surface area (Å²) >= 11 is 5.98. The fourth-order valence-electron chi connectivity index (χ4n) is 1.70. The molecule has 0 aliphatic carbocycles. The summed E-state index contributed by atoms with van der Waals surface area (Å²) in [7, 11) is 0. The summed E-state index contributed by atoms with van der Waals surface area (Å²) in [5.74, 6) is -3.11. The molecule has 2 aromatic carbocycles. The Morgan fingerprint density at radius 3 is 2.35 bits per heavy atom. The lowest BCUT2D eigenvalue weighted by molar-refractivity contribution is 0.0986. The molecule has 0 saturated carbocycles. The number of carbonyl (C=O) groups excluding carboxylic acids is 1. The Balaban J connectivity index is 2.35. The lowest BCUT2D eigenvalue weighted by Crippen LogP contribution is -2.09. The van der Waals surface area contributed by atoms with E-state index in [1.165, 1.54) is 18.2 Å². The Morgan fingerprint density at radius 2 is 1.70 bits per heavy atom. The summed E-state index contributed by atoms with van der Waals surface area (Å²) < 4.78 is 41.5. The van der Waals surface area contributed by atoms with E-state index in [4.69, 9.17) is 0 Å². The normalized spacial score (nSPS) is 10.7. The quantitative estimate of drug-likeness (QED) is 0.513. The maximum Gasteiger partial charge on any atom is 0.170 e. The first kappa shape index (κ1) is 15.3. The molecule has 0 aliphatic rings. The van der Waals surface area contributed by atoms with E-state index in [9.17, 15) is 18.0 Å². The summed E-state index contributed by atoms with van der Waals surface area (Å²) in [4.78, 5) is 12.0. The van der Waals surface area contributed by atoms with Gasteiger partial charge in [-0.2, -0.15) is 0 Å². The molecule has 6 heteroatoms. The van der Waals surface area contributed by atoms with Crippen molar-refractivity contribution in [3.63, 3.8) is 0 Å². The van der Waals surface area contributed by atoms with Gasteiger partial charge in [0.2, 0.25) is 0 Å². The summed E-state index contributed by atoms with van der Waals surface area (Å²) in [6.07, 6.45) is -0.546. The number of rotatable bonds is 3. The molecule has 0 unspecified atom stereocenters. The fourth-order valence-corrected chi connectivity index (χ4v) is 2.41. The summed E-state index contributed by atoms with van der Waals surface area (Å²) in [6.45, 7) is 0. The highest BCUT2D eigenvalue weighted by atomic mass is 79.9. The van der Waals surface area contributed by atoms with Crippen LogP contribution in [-0.4, -0.2) is 5.78 Å². The van der Waals surface area contributed by atoms with Crippen LogP contribution < -0.4 is 0 Å². The van der Waals surface area contributed by atoms with Crippen LogP contribution in [-0.2, 0) is 6.42 Å². The topological polar surface area (TPSA) is 17.1 Å². The van der Waals surface area contributed by atoms with Crippen molar-refractivity contribution < 1.29 is 18.0 Å². The number of ketones is 1. The summed E-state index contributed by atoms with van der Waals surface area (Å²) in [6, 6.07) is 6.15. The number of benzene rings is 2. The van der Waals surface area contributed by atoms with Crippen LogP contribution in [0.1, 0.15) is 15.9 Å². The van der Waals surface area contributed by atoms with E-state index >= 15 is 0 Å². The molecule has 104 valence electrons. The molecule has 0 spiro atoms. The van der Waals surface area contributed by atoms with E-state index in [0.717, 1.165) is 12.1 Å². The molecule has 0 N–H and O–H groups in total. The van der Waals surface area contributed by atoms with Crippen LogP contribution in [0.3, 0.4) is 0 Å². The lowest BCUT2D eigenvalue weighted by Gasteiger charge is -2.07. The molecule has 0 heterocycles. The zero-order valence-electron chi connectivity index (χ0n) is 9.89. The Kier molecular flexibility index (Phi) is 4.65. The molecule has 2 aromatic rings. The number of hydrogen-bond donors (Lipinski definition) is 0. The monoisotopic (exact) mass is 406 g/mol. The second-order valence-electron chi connectivity index (χ2n) is 4.05. The Bertz CT molecular complexity index is 686. The molecule has 0 radical (unpaired) electrons. The van der Waals surface area contributed by atoms with Gasteiger partial charge in [0.1, 0.15) is 17.5 Å². The molecular formula is C14H7Br2F3O.